The van der Waals surface area contributed by atoms with E-state index < -0.39 is 0 Å². The number of nitrogens with zero attached hydrogens (tertiary/aromatic N) is 2. The third-order valence-corrected chi connectivity index (χ3v) is 5.09. The Bertz CT molecular complexity index is 342. The van der Waals surface area contributed by atoms with Gasteiger partial charge in [-0.15, -0.1) is 11.8 Å². The average molecular weight is 493 g/mol. The van der Waals surface area contributed by atoms with Gasteiger partial charge in [0.2, 0.25) is 0 Å². The second kappa shape index (κ2) is 32.5. The van der Waals surface area contributed by atoms with Gasteiger partial charge >= 0.3 is 0 Å². The topological polar surface area (TPSA) is 36.8 Å². The molecule has 1 aliphatic heterocycles. The van der Waals surface area contributed by atoms with Crippen LogP contribution < -0.4 is 5.32 Å². The van der Waals surface area contributed by atoms with Gasteiger partial charge in [0.05, 0.1) is 5.55 Å². The minimum Gasteiger partial charge on any atom is -0.317 e. The molecule has 1 unspecified atom stereocenters. The van der Waals surface area contributed by atoms with Crippen LogP contribution in [0.3, 0.4) is 0 Å². The summed E-state index contributed by atoms with van der Waals surface area (Å²) >= 11 is 4.97. The Hall–Kier alpha value is -0.130. The molecule has 3 nitrogen and oxygen atoms in total. The Morgan fingerprint density at radius 2 is 1.72 bits per heavy atom. The first-order valence-electron chi connectivity index (χ1n) is 11.6. The lowest BCUT2D eigenvalue weighted by Crippen LogP contribution is -2.13. The molecule has 0 aliphatic carbocycles. The first-order valence-corrected chi connectivity index (χ1v) is 13.5. The molecular weight excluding hydrogens is 442 g/mol. The van der Waals surface area contributed by atoms with E-state index in [9.17, 15) is 0 Å². The number of rotatable bonds is 10. The second-order valence-corrected chi connectivity index (χ2v) is 9.11. The fourth-order valence-electron chi connectivity index (χ4n) is 2.40. The summed E-state index contributed by atoms with van der Waals surface area (Å²) in [5.41, 5.74) is 1.79. The zero-order chi connectivity index (χ0) is 22.6. The Morgan fingerprint density at radius 1 is 1.10 bits per heavy atom. The van der Waals surface area contributed by atoms with Gasteiger partial charge in [0, 0.05) is 5.75 Å². The number of halogens is 1. The number of hydrogen-bond acceptors (Lipinski definition) is 4. The number of nitrogens with one attached hydrogen (secondary N) is 1. The molecule has 1 fully saturated rings. The Labute approximate surface area is 196 Å². The van der Waals surface area contributed by atoms with Gasteiger partial charge in [-0.05, 0) is 56.4 Å². The van der Waals surface area contributed by atoms with Crippen LogP contribution in [-0.4, -0.2) is 37.8 Å². The van der Waals surface area contributed by atoms with Gasteiger partial charge in [0.15, 0.2) is 0 Å². The highest BCUT2D eigenvalue weighted by Crippen LogP contribution is 2.10. The maximum Gasteiger partial charge on any atom is 0.129 e. The van der Waals surface area contributed by atoms with Crippen LogP contribution >= 0.6 is 27.7 Å². The van der Waals surface area contributed by atoms with Crippen molar-refractivity contribution in [3.63, 3.8) is 0 Å². The number of hydrogen-bond donors (Lipinski definition) is 1. The molecule has 1 atom stereocenters. The zero-order valence-electron chi connectivity index (χ0n) is 20.3. The molecule has 1 rings (SSSR count). The van der Waals surface area contributed by atoms with Crippen LogP contribution in [0.1, 0.15) is 99.3 Å². The van der Waals surface area contributed by atoms with E-state index in [-0.39, 0.29) is 0 Å². The Morgan fingerprint density at radius 3 is 2.24 bits per heavy atom. The Balaban J connectivity index is -0.000000340. The quantitative estimate of drug-likeness (QED) is 0.189. The lowest BCUT2D eigenvalue weighted by atomic mass is 10.0. The molecule has 1 saturated heterocycles. The lowest BCUT2D eigenvalue weighted by Gasteiger charge is -2.02. The van der Waals surface area contributed by atoms with Crippen LogP contribution in [0.4, 0.5) is 0 Å². The molecule has 0 amide bonds. The molecule has 5 heteroatoms. The maximum atomic E-state index is 3.95. The van der Waals surface area contributed by atoms with E-state index in [2.05, 4.69) is 64.8 Å². The van der Waals surface area contributed by atoms with Crippen molar-refractivity contribution >= 4 is 40.0 Å². The van der Waals surface area contributed by atoms with E-state index >= 15 is 0 Å². The largest absolute Gasteiger partial charge is 0.317 e. The monoisotopic (exact) mass is 491 g/mol. The predicted octanol–water partition coefficient (Wildman–Crippen LogP) is 8.49. The summed E-state index contributed by atoms with van der Waals surface area (Å²) in [6.07, 6.45) is 14.7. The average Bonchev–Trinajstić information content (AvgIpc) is 2.98. The van der Waals surface area contributed by atoms with Crippen LogP contribution in [0.15, 0.2) is 20.5 Å². The third-order valence-electron chi connectivity index (χ3n) is 4.11. The molecule has 0 bridgehead atoms. The highest BCUT2D eigenvalue weighted by molar-refractivity contribution is 9.11. The van der Waals surface area contributed by atoms with Crippen molar-refractivity contribution in [2.24, 2.45) is 15.9 Å². The minimum absolute atomic E-state index is 0.462. The molecule has 29 heavy (non-hydrogen) atoms. The van der Waals surface area contributed by atoms with Crippen molar-refractivity contribution in [1.29, 1.82) is 0 Å². The van der Waals surface area contributed by atoms with E-state index in [0.29, 0.717) is 6.67 Å². The predicted molar refractivity (Wildman–Crippen MR) is 144 cm³/mol. The summed E-state index contributed by atoms with van der Waals surface area (Å²) in [4.78, 5) is 7.53. The summed E-state index contributed by atoms with van der Waals surface area (Å²) < 4.78 is 1.15. The Kier molecular flexibility index (Phi) is 37.6. The van der Waals surface area contributed by atoms with Crippen molar-refractivity contribution in [2.75, 3.05) is 25.5 Å². The fraction of sp³-hybridized carbons (Fsp3) is 0.833. The molecule has 0 aromatic carbocycles. The van der Waals surface area contributed by atoms with Gasteiger partial charge in [-0.2, -0.15) is 0 Å². The van der Waals surface area contributed by atoms with Crippen molar-refractivity contribution in [2.45, 2.75) is 99.3 Å². The number of unbranched alkanes of at least 4 members (excludes halogenated alkanes) is 5. The van der Waals surface area contributed by atoms with Crippen molar-refractivity contribution < 1.29 is 0 Å². The van der Waals surface area contributed by atoms with Crippen LogP contribution in [0.25, 0.3) is 0 Å². The van der Waals surface area contributed by atoms with Gasteiger partial charge < -0.3 is 5.32 Å². The van der Waals surface area contributed by atoms with E-state index in [1.807, 2.05) is 20.8 Å². The van der Waals surface area contributed by atoms with Crippen molar-refractivity contribution in [1.82, 2.24) is 5.32 Å². The molecule has 0 radical (unpaired) electrons. The molecule has 0 saturated carbocycles. The summed E-state index contributed by atoms with van der Waals surface area (Å²) in [6, 6.07) is 0. The molecule has 0 aromatic heterocycles. The van der Waals surface area contributed by atoms with Gasteiger partial charge in [-0.1, -0.05) is 95.1 Å². The van der Waals surface area contributed by atoms with Crippen molar-refractivity contribution in [3.05, 3.63) is 10.6 Å². The molecule has 1 aliphatic rings. The smallest absolute Gasteiger partial charge is 0.129 e. The van der Waals surface area contributed by atoms with Gasteiger partial charge in [0.25, 0.3) is 0 Å². The van der Waals surface area contributed by atoms with Crippen LogP contribution in [0.5, 0.6) is 0 Å². The SMILES string of the molecule is C=NC/N=C\SC/C=C(\C)Br.CC.CC1CCCNCC1.CCCCCCCC. The molecule has 1 N–H and O–H groups in total. The fourth-order valence-corrected chi connectivity index (χ4v) is 3.38. The molecule has 1 heterocycles. The third kappa shape index (κ3) is 39.0. The maximum absolute atomic E-state index is 3.95. The first kappa shape index (κ1) is 33.5. The molecular formula is C24H50BrN3S. The molecule has 0 spiro atoms. The van der Waals surface area contributed by atoms with Crippen LogP contribution in [-0.2, 0) is 0 Å². The molecule has 174 valence electrons. The second-order valence-electron chi connectivity index (χ2n) is 6.98. The van der Waals surface area contributed by atoms with E-state index in [4.69, 9.17) is 0 Å². The van der Waals surface area contributed by atoms with Gasteiger partial charge in [-0.25, -0.2) is 0 Å². The van der Waals surface area contributed by atoms with Gasteiger partial charge in [0.1, 0.15) is 6.67 Å². The highest BCUT2D eigenvalue weighted by atomic mass is 79.9. The first-order chi connectivity index (χ1) is 14.1. The number of allylic oxidation sites excluding steroid dienone is 1. The number of thioether (sulfide) groups is 1. The summed E-state index contributed by atoms with van der Waals surface area (Å²) in [5, 5.41) is 3.38. The van der Waals surface area contributed by atoms with E-state index in [1.54, 1.807) is 17.3 Å². The van der Waals surface area contributed by atoms with E-state index in [0.717, 1.165) is 16.2 Å². The zero-order valence-corrected chi connectivity index (χ0v) is 22.7. The molecule has 0 aromatic rings. The summed E-state index contributed by atoms with van der Waals surface area (Å²) in [6.45, 7) is 19.1. The standard InChI is InChI=1S/C8H18.C7H11BrN2S.C7H15N.C2H6/c1-3-5-7-8-6-4-2;1-7(8)3-4-11-6-10-5-9-2;1-7-3-2-5-8-6-4-7;1-2/h3-8H2,1-2H3;3,6H,2,4-5H2,1H3;7-8H,2-6H2,1H3;1-2H3/b;7-3+,10-6-;;. The minimum atomic E-state index is 0.462. The normalized spacial score (nSPS) is 16.4. The van der Waals surface area contributed by atoms with Crippen LogP contribution in [0.2, 0.25) is 0 Å². The van der Waals surface area contributed by atoms with Crippen molar-refractivity contribution in [3.8, 4) is 0 Å². The summed E-state index contributed by atoms with van der Waals surface area (Å²) in [7, 11) is 0. The van der Waals surface area contributed by atoms with Gasteiger partial charge in [-0.3, -0.25) is 9.98 Å². The van der Waals surface area contributed by atoms with E-state index in [1.165, 1.54) is 70.9 Å². The number of aliphatic imine (C=N–C) groups is 2. The highest BCUT2D eigenvalue weighted by Gasteiger charge is 2.04. The summed E-state index contributed by atoms with van der Waals surface area (Å²) in [5.74, 6) is 1.91. The van der Waals surface area contributed by atoms with Crippen LogP contribution in [0, 0.1) is 5.92 Å². The lowest BCUT2D eigenvalue weighted by molar-refractivity contribution is 0.519.